The first kappa shape index (κ1) is 15.8. The number of rotatable bonds is 5. The molecule has 1 N–H and O–H groups in total. The lowest BCUT2D eigenvalue weighted by Crippen LogP contribution is -2.38. The van der Waals surface area contributed by atoms with E-state index in [-0.39, 0.29) is 10.6 Å². The number of nitrogens with zero attached hydrogens (tertiary/aromatic N) is 2. The van der Waals surface area contributed by atoms with Crippen molar-refractivity contribution in [2.24, 2.45) is 11.8 Å². The Balaban J connectivity index is 2.19. The molecule has 0 amide bonds. The average Bonchev–Trinajstić information content (AvgIpc) is 2.39. The van der Waals surface area contributed by atoms with E-state index >= 15 is 0 Å². The zero-order valence-electron chi connectivity index (χ0n) is 13.1. The molecule has 5 heteroatoms. The van der Waals surface area contributed by atoms with Gasteiger partial charge in [-0.25, -0.2) is 0 Å². The molecule has 0 spiro atoms. The molecule has 1 heterocycles. The van der Waals surface area contributed by atoms with Gasteiger partial charge in [-0.05, 0) is 36.8 Å². The standard InChI is InChI=1S/C16H25N3O2/c1-4-17-16-6-5-15(19(20)21)8-14(16)11-18-9-12(2)7-13(3)10-18/h5-6,8,12-13,17H,4,7,9-11H2,1-3H3. The summed E-state index contributed by atoms with van der Waals surface area (Å²) in [6.07, 6.45) is 1.27. The minimum atomic E-state index is -0.319. The number of nitro groups is 1. The quantitative estimate of drug-likeness (QED) is 0.666. The zero-order chi connectivity index (χ0) is 15.4. The molecule has 0 aliphatic carbocycles. The number of nitro benzene ring substituents is 1. The molecule has 1 aromatic carbocycles. The van der Waals surface area contributed by atoms with Gasteiger partial charge >= 0.3 is 0 Å². The van der Waals surface area contributed by atoms with Crippen LogP contribution < -0.4 is 5.32 Å². The number of nitrogens with one attached hydrogen (secondary N) is 1. The Bertz CT molecular complexity index is 494. The molecule has 0 aromatic heterocycles. The molecule has 2 rings (SSSR count). The van der Waals surface area contributed by atoms with E-state index in [9.17, 15) is 10.1 Å². The third kappa shape index (κ3) is 4.17. The third-order valence-electron chi connectivity index (χ3n) is 4.01. The van der Waals surface area contributed by atoms with Gasteiger partial charge in [0, 0.05) is 44.0 Å². The van der Waals surface area contributed by atoms with Gasteiger partial charge in [0.2, 0.25) is 0 Å². The molecule has 2 unspecified atom stereocenters. The van der Waals surface area contributed by atoms with Crippen molar-refractivity contribution in [2.75, 3.05) is 25.0 Å². The molecule has 21 heavy (non-hydrogen) atoms. The van der Waals surface area contributed by atoms with Gasteiger partial charge in [-0.2, -0.15) is 0 Å². The van der Waals surface area contributed by atoms with Crippen LogP contribution in [0.4, 0.5) is 11.4 Å². The predicted molar refractivity (Wildman–Crippen MR) is 85.5 cm³/mol. The Morgan fingerprint density at radius 2 is 2.00 bits per heavy atom. The number of hydrogen-bond donors (Lipinski definition) is 1. The van der Waals surface area contributed by atoms with Crippen LogP contribution in [0.25, 0.3) is 0 Å². The van der Waals surface area contributed by atoms with E-state index in [0.29, 0.717) is 11.8 Å². The summed E-state index contributed by atoms with van der Waals surface area (Å²) in [7, 11) is 0. The molecule has 1 fully saturated rings. The maximum Gasteiger partial charge on any atom is 0.269 e. The molecule has 1 aromatic rings. The first-order valence-corrected chi connectivity index (χ1v) is 7.73. The SMILES string of the molecule is CCNc1ccc([N+](=O)[O-])cc1CN1CC(C)CC(C)C1. The second kappa shape index (κ2) is 6.89. The molecule has 2 atom stereocenters. The van der Waals surface area contributed by atoms with E-state index in [2.05, 4.69) is 24.1 Å². The van der Waals surface area contributed by atoms with E-state index < -0.39 is 0 Å². The van der Waals surface area contributed by atoms with Gasteiger partial charge in [0.05, 0.1) is 4.92 Å². The van der Waals surface area contributed by atoms with Crippen LogP contribution >= 0.6 is 0 Å². The fourth-order valence-corrected chi connectivity index (χ4v) is 3.35. The summed E-state index contributed by atoms with van der Waals surface area (Å²) >= 11 is 0. The summed E-state index contributed by atoms with van der Waals surface area (Å²) in [6.45, 7) is 10.3. The van der Waals surface area contributed by atoms with Gasteiger partial charge in [0.15, 0.2) is 0 Å². The number of likely N-dealkylation sites (tertiary alicyclic amines) is 1. The largest absolute Gasteiger partial charge is 0.385 e. The van der Waals surface area contributed by atoms with Gasteiger partial charge in [-0.15, -0.1) is 0 Å². The molecular formula is C16H25N3O2. The van der Waals surface area contributed by atoms with Crippen molar-refractivity contribution in [1.82, 2.24) is 4.90 Å². The van der Waals surface area contributed by atoms with Crippen LogP contribution in [-0.4, -0.2) is 29.5 Å². The number of hydrogen-bond acceptors (Lipinski definition) is 4. The first-order chi connectivity index (χ1) is 9.99. The second-order valence-electron chi connectivity index (χ2n) is 6.27. The van der Waals surface area contributed by atoms with Crippen LogP contribution in [0, 0.1) is 22.0 Å². The van der Waals surface area contributed by atoms with Crippen molar-refractivity contribution in [2.45, 2.75) is 33.7 Å². The first-order valence-electron chi connectivity index (χ1n) is 7.73. The molecule has 5 nitrogen and oxygen atoms in total. The van der Waals surface area contributed by atoms with Crippen LogP contribution in [0.3, 0.4) is 0 Å². The molecular weight excluding hydrogens is 266 g/mol. The molecule has 116 valence electrons. The summed E-state index contributed by atoms with van der Waals surface area (Å²) in [4.78, 5) is 13.1. The summed E-state index contributed by atoms with van der Waals surface area (Å²) < 4.78 is 0. The van der Waals surface area contributed by atoms with E-state index in [1.807, 2.05) is 13.0 Å². The minimum absolute atomic E-state index is 0.171. The fraction of sp³-hybridized carbons (Fsp3) is 0.625. The van der Waals surface area contributed by atoms with Crippen LogP contribution in [0.1, 0.15) is 32.8 Å². The van der Waals surface area contributed by atoms with Crippen molar-refractivity contribution in [3.8, 4) is 0 Å². The summed E-state index contributed by atoms with van der Waals surface area (Å²) in [5.41, 5.74) is 2.20. The Kier molecular flexibility index (Phi) is 5.17. The number of piperidine rings is 1. The summed E-state index contributed by atoms with van der Waals surface area (Å²) in [6, 6.07) is 5.11. The number of anilines is 1. The van der Waals surface area contributed by atoms with Gasteiger partial charge < -0.3 is 5.32 Å². The normalized spacial score (nSPS) is 23.0. The van der Waals surface area contributed by atoms with Crippen molar-refractivity contribution in [3.63, 3.8) is 0 Å². The Labute approximate surface area is 126 Å². The van der Waals surface area contributed by atoms with Crippen LogP contribution in [0.5, 0.6) is 0 Å². The highest BCUT2D eigenvalue weighted by molar-refractivity contribution is 5.56. The monoisotopic (exact) mass is 291 g/mol. The van der Waals surface area contributed by atoms with Crippen LogP contribution in [-0.2, 0) is 6.54 Å². The maximum atomic E-state index is 11.0. The molecule has 0 saturated carbocycles. The van der Waals surface area contributed by atoms with Crippen molar-refractivity contribution < 1.29 is 4.92 Å². The third-order valence-corrected chi connectivity index (χ3v) is 4.01. The number of non-ortho nitro benzene ring substituents is 1. The Morgan fingerprint density at radius 3 is 2.57 bits per heavy atom. The van der Waals surface area contributed by atoms with Crippen molar-refractivity contribution in [1.29, 1.82) is 0 Å². The van der Waals surface area contributed by atoms with E-state index in [0.717, 1.165) is 37.4 Å². The molecule has 0 radical (unpaired) electrons. The lowest BCUT2D eigenvalue weighted by atomic mass is 9.91. The molecule has 1 saturated heterocycles. The smallest absolute Gasteiger partial charge is 0.269 e. The molecule has 1 aliphatic heterocycles. The Morgan fingerprint density at radius 1 is 1.33 bits per heavy atom. The highest BCUT2D eigenvalue weighted by Gasteiger charge is 2.23. The van der Waals surface area contributed by atoms with Crippen LogP contribution in [0.2, 0.25) is 0 Å². The maximum absolute atomic E-state index is 11.0. The van der Waals surface area contributed by atoms with Crippen molar-refractivity contribution >= 4 is 11.4 Å². The zero-order valence-corrected chi connectivity index (χ0v) is 13.1. The average molecular weight is 291 g/mol. The van der Waals surface area contributed by atoms with E-state index in [1.165, 1.54) is 6.42 Å². The molecule has 0 bridgehead atoms. The van der Waals surface area contributed by atoms with Gasteiger partial charge in [0.1, 0.15) is 0 Å². The highest BCUT2D eigenvalue weighted by Crippen LogP contribution is 2.27. The van der Waals surface area contributed by atoms with Gasteiger partial charge in [0.25, 0.3) is 5.69 Å². The van der Waals surface area contributed by atoms with E-state index in [1.54, 1.807) is 12.1 Å². The highest BCUT2D eigenvalue weighted by atomic mass is 16.6. The minimum Gasteiger partial charge on any atom is -0.385 e. The predicted octanol–water partition coefficient (Wildman–Crippen LogP) is 3.50. The molecule has 1 aliphatic rings. The van der Waals surface area contributed by atoms with Crippen LogP contribution in [0.15, 0.2) is 18.2 Å². The number of benzene rings is 1. The summed E-state index contributed by atoms with van der Waals surface area (Å²) in [5, 5.41) is 14.3. The second-order valence-corrected chi connectivity index (χ2v) is 6.27. The summed E-state index contributed by atoms with van der Waals surface area (Å²) in [5.74, 6) is 1.38. The van der Waals surface area contributed by atoms with Crippen molar-refractivity contribution in [3.05, 3.63) is 33.9 Å². The van der Waals surface area contributed by atoms with Gasteiger partial charge in [-0.3, -0.25) is 15.0 Å². The lowest BCUT2D eigenvalue weighted by Gasteiger charge is -2.35. The topological polar surface area (TPSA) is 58.4 Å². The fourth-order valence-electron chi connectivity index (χ4n) is 3.35. The lowest BCUT2D eigenvalue weighted by molar-refractivity contribution is -0.384. The van der Waals surface area contributed by atoms with Gasteiger partial charge in [-0.1, -0.05) is 13.8 Å². The Hall–Kier alpha value is -1.62. The van der Waals surface area contributed by atoms with E-state index in [4.69, 9.17) is 0 Å².